The van der Waals surface area contributed by atoms with E-state index in [0.29, 0.717) is 37.6 Å². The Kier molecular flexibility index (Phi) is 6.99. The molecule has 1 aliphatic heterocycles. The van der Waals surface area contributed by atoms with Crippen molar-refractivity contribution in [2.75, 3.05) is 25.0 Å². The second-order valence-electron chi connectivity index (χ2n) is 6.16. The number of carbonyl (C=O) groups excluding carboxylic acids is 1. The highest BCUT2D eigenvalue weighted by Crippen LogP contribution is 2.28. The number of piperazine rings is 1. The molecule has 1 fully saturated rings. The summed E-state index contributed by atoms with van der Waals surface area (Å²) in [5.41, 5.74) is 0.580. The van der Waals surface area contributed by atoms with Crippen LogP contribution < -0.4 is 10.6 Å². The number of carbonyl (C=O) groups is 1. The van der Waals surface area contributed by atoms with Gasteiger partial charge in [0.05, 0.1) is 10.9 Å². The number of anilines is 1. The van der Waals surface area contributed by atoms with Gasteiger partial charge in [0.2, 0.25) is 15.9 Å². The molecule has 27 heavy (non-hydrogen) atoms. The number of rotatable bonds is 5. The molecule has 0 spiro atoms. The Balaban J connectivity index is 0.00000261. The lowest BCUT2D eigenvalue weighted by Crippen LogP contribution is -2.49. The first kappa shape index (κ1) is 21.4. The lowest BCUT2D eigenvalue weighted by atomic mass is 10.2. The van der Waals surface area contributed by atoms with E-state index >= 15 is 0 Å². The number of aromatic nitrogens is 2. The van der Waals surface area contributed by atoms with Gasteiger partial charge in [-0.1, -0.05) is 6.92 Å². The van der Waals surface area contributed by atoms with Crippen molar-refractivity contribution in [3.8, 4) is 0 Å². The minimum atomic E-state index is -3.68. The lowest BCUT2D eigenvalue weighted by Gasteiger charge is -2.34. The van der Waals surface area contributed by atoms with Crippen LogP contribution in [0.1, 0.15) is 25.2 Å². The average Bonchev–Trinajstić information content (AvgIpc) is 3.08. The molecule has 10 heteroatoms. The summed E-state index contributed by atoms with van der Waals surface area (Å²) in [5.74, 6) is 0.588. The van der Waals surface area contributed by atoms with E-state index in [0.717, 1.165) is 0 Å². The molecule has 1 aromatic heterocycles. The first-order chi connectivity index (χ1) is 12.4. The molecular weight excluding hydrogens is 390 g/mol. The zero-order chi connectivity index (χ0) is 18.7. The molecule has 0 radical (unpaired) electrons. The maximum absolute atomic E-state index is 13.2. The van der Waals surface area contributed by atoms with Crippen LogP contribution in [0.5, 0.6) is 0 Å². The molecule has 1 aliphatic rings. The second kappa shape index (κ2) is 8.83. The largest absolute Gasteiger partial charge is 0.337 e. The summed E-state index contributed by atoms with van der Waals surface area (Å²) in [7, 11) is -1.82. The Hall–Kier alpha value is -1.94. The van der Waals surface area contributed by atoms with Gasteiger partial charge in [-0.25, -0.2) is 13.4 Å². The highest BCUT2D eigenvalue weighted by molar-refractivity contribution is 7.89. The molecule has 1 atom stereocenters. The summed E-state index contributed by atoms with van der Waals surface area (Å²) in [4.78, 5) is 16.0. The Bertz CT molecular complexity index is 882. The van der Waals surface area contributed by atoms with Crippen molar-refractivity contribution in [1.82, 2.24) is 19.2 Å². The van der Waals surface area contributed by atoms with Crippen LogP contribution >= 0.6 is 12.4 Å². The minimum Gasteiger partial charge on any atom is -0.337 e. The van der Waals surface area contributed by atoms with Crippen molar-refractivity contribution in [1.29, 1.82) is 0 Å². The number of amides is 1. The van der Waals surface area contributed by atoms with Crippen LogP contribution in [0, 0.1) is 0 Å². The van der Waals surface area contributed by atoms with Gasteiger partial charge in [0.15, 0.2) is 0 Å². The Labute approximate surface area is 165 Å². The maximum atomic E-state index is 13.2. The summed E-state index contributed by atoms with van der Waals surface area (Å²) >= 11 is 0. The molecule has 1 unspecified atom stereocenters. The van der Waals surface area contributed by atoms with E-state index in [2.05, 4.69) is 15.6 Å². The molecule has 0 saturated carbocycles. The van der Waals surface area contributed by atoms with E-state index in [1.807, 2.05) is 11.6 Å². The van der Waals surface area contributed by atoms with E-state index in [1.165, 1.54) is 16.4 Å². The number of halogens is 1. The zero-order valence-corrected chi connectivity index (χ0v) is 16.9. The van der Waals surface area contributed by atoms with Gasteiger partial charge in [0, 0.05) is 51.2 Å². The fourth-order valence-electron chi connectivity index (χ4n) is 2.99. The molecule has 8 nitrogen and oxygen atoms in total. The molecule has 148 valence electrons. The van der Waals surface area contributed by atoms with E-state index in [9.17, 15) is 13.2 Å². The van der Waals surface area contributed by atoms with Gasteiger partial charge >= 0.3 is 0 Å². The van der Waals surface area contributed by atoms with Crippen LogP contribution in [0.2, 0.25) is 0 Å². The molecule has 2 N–H and O–H groups in total. The molecule has 0 bridgehead atoms. The van der Waals surface area contributed by atoms with Gasteiger partial charge in [0.25, 0.3) is 0 Å². The van der Waals surface area contributed by atoms with Crippen LogP contribution in [-0.4, -0.2) is 47.8 Å². The van der Waals surface area contributed by atoms with Gasteiger partial charge in [0.1, 0.15) is 5.82 Å². The number of hydrogen-bond donors (Lipinski definition) is 2. The third-order valence-electron chi connectivity index (χ3n) is 4.42. The highest BCUT2D eigenvalue weighted by Gasteiger charge is 2.36. The summed E-state index contributed by atoms with van der Waals surface area (Å²) in [5, 5.41) is 5.95. The van der Waals surface area contributed by atoms with Crippen LogP contribution in [0.3, 0.4) is 0 Å². The minimum absolute atomic E-state index is 0. The van der Waals surface area contributed by atoms with Crippen molar-refractivity contribution in [3.63, 3.8) is 0 Å². The number of benzene rings is 1. The molecule has 3 rings (SSSR count). The highest BCUT2D eigenvalue weighted by atomic mass is 35.5. The number of nitrogens with zero attached hydrogens (tertiary/aromatic N) is 3. The summed E-state index contributed by atoms with van der Waals surface area (Å²) in [6.45, 7) is 3.23. The van der Waals surface area contributed by atoms with Crippen LogP contribution in [-0.2, 0) is 21.9 Å². The summed E-state index contributed by atoms with van der Waals surface area (Å²) in [6, 6.07) is 5.90. The summed E-state index contributed by atoms with van der Waals surface area (Å²) < 4.78 is 29.7. The molecule has 1 aromatic carbocycles. The topological polar surface area (TPSA) is 96.3 Å². The predicted octanol–water partition coefficient (Wildman–Crippen LogP) is 1.53. The van der Waals surface area contributed by atoms with Crippen LogP contribution in [0.15, 0.2) is 41.6 Å². The van der Waals surface area contributed by atoms with Gasteiger partial charge in [-0.15, -0.1) is 12.4 Å². The molecule has 2 heterocycles. The fraction of sp³-hybridized carbons (Fsp3) is 0.412. The average molecular weight is 414 g/mol. The van der Waals surface area contributed by atoms with Crippen LogP contribution in [0.25, 0.3) is 0 Å². The number of nitrogens with one attached hydrogen (secondary N) is 2. The van der Waals surface area contributed by atoms with Gasteiger partial charge in [-0.05, 0) is 24.3 Å². The van der Waals surface area contributed by atoms with E-state index in [4.69, 9.17) is 0 Å². The Morgan fingerprint density at radius 2 is 2.04 bits per heavy atom. The van der Waals surface area contributed by atoms with E-state index in [-0.39, 0.29) is 29.3 Å². The number of imidazole rings is 1. The third kappa shape index (κ3) is 4.49. The van der Waals surface area contributed by atoms with Crippen molar-refractivity contribution >= 4 is 34.0 Å². The fourth-order valence-corrected chi connectivity index (χ4v) is 4.57. The Morgan fingerprint density at radius 3 is 2.63 bits per heavy atom. The smallest absolute Gasteiger partial charge is 0.243 e. The molecule has 1 saturated heterocycles. The third-order valence-corrected chi connectivity index (χ3v) is 6.34. The molecule has 2 aromatic rings. The molecule has 0 aliphatic carbocycles. The van der Waals surface area contributed by atoms with Crippen LogP contribution in [0.4, 0.5) is 5.69 Å². The standard InChI is InChI=1S/C17H23N5O3S.ClH/c1-3-16(23)20-13-4-6-14(7-5-13)26(24,25)22-11-8-18-12-15(22)17-19-9-10-21(17)2;/h4-7,9-10,15,18H,3,8,11-12H2,1-2H3,(H,20,23);1H. The zero-order valence-electron chi connectivity index (χ0n) is 15.3. The lowest BCUT2D eigenvalue weighted by molar-refractivity contribution is -0.115. The number of hydrogen-bond acceptors (Lipinski definition) is 5. The van der Waals surface area contributed by atoms with E-state index < -0.39 is 10.0 Å². The van der Waals surface area contributed by atoms with Gasteiger partial charge in [-0.3, -0.25) is 4.79 Å². The van der Waals surface area contributed by atoms with Crippen molar-refractivity contribution in [2.45, 2.75) is 24.3 Å². The molecule has 1 amide bonds. The van der Waals surface area contributed by atoms with Crippen molar-refractivity contribution in [3.05, 3.63) is 42.5 Å². The van der Waals surface area contributed by atoms with Crippen molar-refractivity contribution < 1.29 is 13.2 Å². The molecular formula is C17H24ClN5O3S. The van der Waals surface area contributed by atoms with E-state index in [1.54, 1.807) is 31.5 Å². The van der Waals surface area contributed by atoms with Crippen molar-refractivity contribution in [2.24, 2.45) is 7.05 Å². The number of aryl methyl sites for hydroxylation is 1. The first-order valence-electron chi connectivity index (χ1n) is 8.53. The van der Waals surface area contributed by atoms with Gasteiger partial charge < -0.3 is 15.2 Å². The SMILES string of the molecule is CCC(=O)Nc1ccc(S(=O)(=O)N2CCNCC2c2nccn2C)cc1.Cl. The monoisotopic (exact) mass is 413 g/mol. The number of sulfonamides is 1. The quantitative estimate of drug-likeness (QED) is 0.774. The Morgan fingerprint density at radius 1 is 1.33 bits per heavy atom. The predicted molar refractivity (Wildman–Crippen MR) is 105 cm³/mol. The normalized spacial score (nSPS) is 17.9. The van der Waals surface area contributed by atoms with Gasteiger partial charge in [-0.2, -0.15) is 4.31 Å². The first-order valence-corrected chi connectivity index (χ1v) is 9.97. The summed E-state index contributed by atoms with van der Waals surface area (Å²) in [6.07, 6.45) is 3.84. The maximum Gasteiger partial charge on any atom is 0.243 e. The second-order valence-corrected chi connectivity index (χ2v) is 8.05.